The number of amides is 2. The Morgan fingerprint density at radius 1 is 0.800 bits per heavy atom. The number of methoxy groups -OCH3 is 3. The lowest BCUT2D eigenvalue weighted by molar-refractivity contribution is 0.0843. The van der Waals surface area contributed by atoms with Gasteiger partial charge < -0.3 is 18.6 Å². The topological polar surface area (TPSA) is 99.0 Å². The quantitative estimate of drug-likeness (QED) is 0.802. The second-order valence-electron chi connectivity index (χ2n) is 5.14. The van der Waals surface area contributed by atoms with Crippen molar-refractivity contribution in [1.82, 2.24) is 10.9 Å². The first-order valence-electron chi connectivity index (χ1n) is 7.39. The van der Waals surface area contributed by atoms with Crippen LogP contribution in [-0.2, 0) is 0 Å². The minimum Gasteiger partial charge on any atom is -0.496 e. The number of hydrogen-bond donors (Lipinski definition) is 2. The maximum atomic E-state index is 12.4. The number of nitrogens with one attached hydrogen (secondary N) is 2. The van der Waals surface area contributed by atoms with E-state index < -0.39 is 11.8 Å². The van der Waals surface area contributed by atoms with Crippen molar-refractivity contribution in [2.24, 2.45) is 0 Å². The van der Waals surface area contributed by atoms with Crippen LogP contribution in [0.4, 0.5) is 0 Å². The van der Waals surface area contributed by atoms with Crippen LogP contribution in [0.3, 0.4) is 0 Å². The van der Waals surface area contributed by atoms with E-state index in [-0.39, 0.29) is 11.3 Å². The van der Waals surface area contributed by atoms with Gasteiger partial charge in [0, 0.05) is 12.1 Å². The zero-order valence-corrected chi connectivity index (χ0v) is 14.7. The zero-order chi connectivity index (χ0) is 18.6. The van der Waals surface area contributed by atoms with Gasteiger partial charge in [0.1, 0.15) is 17.3 Å². The SMILES string of the molecule is COc1cc(OC)c(C(=O)NNC(=O)c2cc(C)oc2C)cc1OC. The summed E-state index contributed by atoms with van der Waals surface area (Å²) in [6, 6.07) is 4.58. The highest BCUT2D eigenvalue weighted by Crippen LogP contribution is 2.34. The Kier molecular flexibility index (Phi) is 5.53. The molecule has 0 aliphatic heterocycles. The molecule has 2 rings (SSSR count). The van der Waals surface area contributed by atoms with Crippen molar-refractivity contribution >= 4 is 11.8 Å². The Morgan fingerprint density at radius 3 is 1.80 bits per heavy atom. The maximum Gasteiger partial charge on any atom is 0.273 e. The van der Waals surface area contributed by atoms with E-state index in [1.54, 1.807) is 19.9 Å². The number of ether oxygens (including phenoxy) is 3. The molecule has 0 unspecified atom stereocenters. The smallest absolute Gasteiger partial charge is 0.273 e. The van der Waals surface area contributed by atoms with Crippen molar-refractivity contribution < 1.29 is 28.2 Å². The molecule has 0 atom stereocenters. The molecule has 0 aliphatic rings. The van der Waals surface area contributed by atoms with E-state index in [9.17, 15) is 9.59 Å². The molecule has 1 aromatic carbocycles. The summed E-state index contributed by atoms with van der Waals surface area (Å²) >= 11 is 0. The molecule has 0 spiro atoms. The van der Waals surface area contributed by atoms with Crippen LogP contribution in [0.2, 0.25) is 0 Å². The number of benzene rings is 1. The third-order valence-electron chi connectivity index (χ3n) is 3.53. The van der Waals surface area contributed by atoms with Gasteiger partial charge in [0.05, 0.1) is 32.5 Å². The number of rotatable bonds is 5. The molecule has 8 heteroatoms. The minimum atomic E-state index is -0.566. The lowest BCUT2D eigenvalue weighted by Crippen LogP contribution is -2.41. The molecule has 0 saturated carbocycles. The molecule has 1 heterocycles. The van der Waals surface area contributed by atoms with Crippen molar-refractivity contribution in [3.63, 3.8) is 0 Å². The fraction of sp³-hybridized carbons (Fsp3) is 0.294. The molecule has 25 heavy (non-hydrogen) atoms. The second-order valence-corrected chi connectivity index (χ2v) is 5.14. The van der Waals surface area contributed by atoms with Gasteiger partial charge in [-0.1, -0.05) is 0 Å². The van der Waals surface area contributed by atoms with Crippen LogP contribution in [0.15, 0.2) is 22.6 Å². The van der Waals surface area contributed by atoms with E-state index in [0.29, 0.717) is 28.6 Å². The van der Waals surface area contributed by atoms with E-state index in [4.69, 9.17) is 18.6 Å². The first-order valence-corrected chi connectivity index (χ1v) is 7.39. The highest BCUT2D eigenvalue weighted by molar-refractivity contribution is 6.01. The van der Waals surface area contributed by atoms with Crippen LogP contribution in [0, 0.1) is 13.8 Å². The van der Waals surface area contributed by atoms with E-state index >= 15 is 0 Å². The summed E-state index contributed by atoms with van der Waals surface area (Å²) in [4.78, 5) is 24.5. The van der Waals surface area contributed by atoms with E-state index in [1.165, 1.54) is 33.5 Å². The molecule has 2 amide bonds. The average molecular weight is 348 g/mol. The summed E-state index contributed by atoms with van der Waals surface area (Å²) in [5.74, 6) is 1.08. The Hall–Kier alpha value is -3.16. The Balaban J connectivity index is 2.17. The van der Waals surface area contributed by atoms with Crippen molar-refractivity contribution in [1.29, 1.82) is 0 Å². The summed E-state index contributed by atoms with van der Waals surface area (Å²) in [6.07, 6.45) is 0. The number of carbonyl (C=O) groups is 2. The Labute approximate surface area is 145 Å². The van der Waals surface area contributed by atoms with Crippen molar-refractivity contribution in [3.8, 4) is 17.2 Å². The van der Waals surface area contributed by atoms with E-state index in [0.717, 1.165) is 0 Å². The normalized spacial score (nSPS) is 10.1. The van der Waals surface area contributed by atoms with E-state index in [2.05, 4.69) is 10.9 Å². The molecule has 0 saturated heterocycles. The van der Waals surface area contributed by atoms with Gasteiger partial charge in [0.2, 0.25) is 0 Å². The summed E-state index contributed by atoms with van der Waals surface area (Å²) < 4.78 is 20.8. The third kappa shape index (κ3) is 3.85. The van der Waals surface area contributed by atoms with Crippen LogP contribution >= 0.6 is 0 Å². The third-order valence-corrected chi connectivity index (χ3v) is 3.53. The van der Waals surface area contributed by atoms with E-state index in [1.807, 2.05) is 0 Å². The van der Waals surface area contributed by atoms with Gasteiger partial charge in [-0.05, 0) is 19.9 Å². The second kappa shape index (κ2) is 7.61. The number of hydrogen-bond acceptors (Lipinski definition) is 6. The highest BCUT2D eigenvalue weighted by Gasteiger charge is 2.19. The first-order chi connectivity index (χ1) is 11.9. The molecule has 0 aliphatic carbocycles. The molecule has 0 bridgehead atoms. The molecular formula is C17H20N2O6. The summed E-state index contributed by atoms with van der Waals surface area (Å²) in [5, 5.41) is 0. The van der Waals surface area contributed by atoms with Crippen LogP contribution in [0.5, 0.6) is 17.2 Å². The molecule has 2 aromatic rings. The maximum absolute atomic E-state index is 12.4. The van der Waals surface area contributed by atoms with Crippen LogP contribution in [0.25, 0.3) is 0 Å². The predicted octanol–water partition coefficient (Wildman–Crippen LogP) is 2.00. The Bertz CT molecular complexity index is 797. The molecule has 8 nitrogen and oxygen atoms in total. The molecule has 2 N–H and O–H groups in total. The van der Waals surface area contributed by atoms with Crippen molar-refractivity contribution in [2.75, 3.05) is 21.3 Å². The standard InChI is InChI=1S/C17H20N2O6/c1-9-6-11(10(2)25-9)16(20)18-19-17(21)12-7-14(23-4)15(24-5)8-13(12)22-3/h6-8H,1-5H3,(H,18,20)(H,19,21). The largest absolute Gasteiger partial charge is 0.496 e. The van der Waals surface area contributed by atoms with Gasteiger partial charge >= 0.3 is 0 Å². The van der Waals surface area contributed by atoms with Crippen LogP contribution in [-0.4, -0.2) is 33.1 Å². The van der Waals surface area contributed by atoms with Gasteiger partial charge in [-0.15, -0.1) is 0 Å². The number of hydrazine groups is 1. The zero-order valence-electron chi connectivity index (χ0n) is 14.7. The Morgan fingerprint density at radius 2 is 1.32 bits per heavy atom. The van der Waals surface area contributed by atoms with Crippen molar-refractivity contribution in [3.05, 3.63) is 40.8 Å². The van der Waals surface area contributed by atoms with Gasteiger partial charge in [-0.3, -0.25) is 20.4 Å². The number of aryl methyl sites for hydroxylation is 2. The lowest BCUT2D eigenvalue weighted by atomic mass is 10.1. The van der Waals surface area contributed by atoms with Gasteiger partial charge in [0.25, 0.3) is 11.8 Å². The minimum absolute atomic E-state index is 0.181. The number of furan rings is 1. The molecule has 0 fully saturated rings. The first kappa shape index (κ1) is 18.2. The van der Waals surface area contributed by atoms with Gasteiger partial charge in [-0.2, -0.15) is 0 Å². The number of carbonyl (C=O) groups excluding carboxylic acids is 2. The van der Waals surface area contributed by atoms with Crippen LogP contribution in [0.1, 0.15) is 32.2 Å². The monoisotopic (exact) mass is 348 g/mol. The fourth-order valence-electron chi connectivity index (χ4n) is 2.31. The molecule has 1 aromatic heterocycles. The molecular weight excluding hydrogens is 328 g/mol. The molecule has 134 valence electrons. The molecule has 0 radical (unpaired) electrons. The van der Waals surface area contributed by atoms with Crippen molar-refractivity contribution in [2.45, 2.75) is 13.8 Å². The predicted molar refractivity (Wildman–Crippen MR) is 89.2 cm³/mol. The summed E-state index contributed by atoms with van der Waals surface area (Å²) in [5.41, 5.74) is 5.21. The van der Waals surface area contributed by atoms with Gasteiger partial charge in [-0.25, -0.2) is 0 Å². The fourth-order valence-corrected chi connectivity index (χ4v) is 2.31. The average Bonchev–Trinajstić information content (AvgIpc) is 2.96. The lowest BCUT2D eigenvalue weighted by Gasteiger charge is -2.14. The highest BCUT2D eigenvalue weighted by atomic mass is 16.5. The summed E-state index contributed by atoms with van der Waals surface area (Å²) in [7, 11) is 4.36. The van der Waals surface area contributed by atoms with Crippen LogP contribution < -0.4 is 25.1 Å². The summed E-state index contributed by atoms with van der Waals surface area (Å²) in [6.45, 7) is 3.40. The van der Waals surface area contributed by atoms with Gasteiger partial charge in [0.15, 0.2) is 11.5 Å².